The first-order valence-electron chi connectivity index (χ1n) is 13.3. The van der Waals surface area contributed by atoms with Crippen LogP contribution in [0.3, 0.4) is 0 Å². The number of sulfone groups is 1. The highest BCUT2D eigenvalue weighted by molar-refractivity contribution is 7.91. The Morgan fingerprint density at radius 1 is 1.11 bits per heavy atom. The third kappa shape index (κ3) is 5.44. The van der Waals surface area contributed by atoms with E-state index >= 15 is 0 Å². The molecule has 5 rings (SSSR count). The predicted molar refractivity (Wildman–Crippen MR) is 146 cm³/mol. The van der Waals surface area contributed by atoms with Gasteiger partial charge in [-0.1, -0.05) is 32.0 Å². The molecule has 0 spiro atoms. The van der Waals surface area contributed by atoms with E-state index in [2.05, 4.69) is 27.1 Å². The molecule has 3 aromatic rings. The minimum atomic E-state index is -3.32. The Labute approximate surface area is 224 Å². The zero-order valence-electron chi connectivity index (χ0n) is 21.8. The average Bonchev–Trinajstić information content (AvgIpc) is 3.81. The van der Waals surface area contributed by atoms with Crippen LogP contribution in [0.15, 0.2) is 59.8 Å². The van der Waals surface area contributed by atoms with Crippen LogP contribution in [0.1, 0.15) is 83.6 Å². The van der Waals surface area contributed by atoms with Gasteiger partial charge in [0.15, 0.2) is 9.84 Å². The summed E-state index contributed by atoms with van der Waals surface area (Å²) in [5.41, 5.74) is 4.66. The normalized spacial score (nSPS) is 18.1. The lowest BCUT2D eigenvalue weighted by molar-refractivity contribution is 0.0916. The molecule has 8 nitrogen and oxygen atoms in total. The number of carbonyl (C=O) groups excluding carboxylic acids is 1. The summed E-state index contributed by atoms with van der Waals surface area (Å²) in [6, 6.07) is 11.4. The number of aromatic nitrogens is 2. The summed E-state index contributed by atoms with van der Waals surface area (Å²) in [5.74, 6) is 1.35. The van der Waals surface area contributed by atoms with E-state index in [1.807, 2.05) is 30.6 Å². The molecule has 0 saturated heterocycles. The Morgan fingerprint density at radius 3 is 2.42 bits per heavy atom. The second-order valence-corrected chi connectivity index (χ2v) is 12.4. The minimum absolute atomic E-state index is 0.0130. The smallest absolute Gasteiger partial charge is 0.251 e. The van der Waals surface area contributed by atoms with E-state index in [4.69, 9.17) is 0 Å². The standard InChI is InChI=1S/C29H34N4O4S/c1-3-19-16-33(29-30-14-24(15-31-29)20-5-6-20)17-23-13-22(9-12-26(19)23)28(35)32-27(18-34)21-7-10-25(11-8-21)38(36,37)4-2/h7-15,19-20,27,34H,3-6,16-18H2,1-2H3,(H,32,35)/t19-,27?/m0/s1. The van der Waals surface area contributed by atoms with Gasteiger partial charge in [0.25, 0.3) is 5.91 Å². The summed E-state index contributed by atoms with van der Waals surface area (Å²) in [4.78, 5) is 24.9. The van der Waals surface area contributed by atoms with Crippen molar-refractivity contribution in [3.8, 4) is 0 Å². The molecule has 2 aromatic carbocycles. The fourth-order valence-corrected chi connectivity index (χ4v) is 5.97. The van der Waals surface area contributed by atoms with Gasteiger partial charge in [-0.05, 0) is 71.7 Å². The number of fused-ring (bicyclic) bond motifs is 1. The van der Waals surface area contributed by atoms with Crippen molar-refractivity contribution >= 4 is 21.7 Å². The first-order valence-corrected chi connectivity index (χ1v) is 14.9. The number of aliphatic hydroxyl groups is 1. The number of amides is 1. The van der Waals surface area contributed by atoms with E-state index in [-0.39, 0.29) is 23.2 Å². The van der Waals surface area contributed by atoms with Crippen molar-refractivity contribution in [1.82, 2.24) is 15.3 Å². The average molecular weight is 535 g/mol. The highest BCUT2D eigenvalue weighted by Gasteiger charge is 2.28. The number of benzene rings is 2. The van der Waals surface area contributed by atoms with Gasteiger partial charge in [0.05, 0.1) is 23.3 Å². The number of nitrogens with one attached hydrogen (secondary N) is 1. The number of rotatable bonds is 9. The second-order valence-electron chi connectivity index (χ2n) is 10.2. The lowest BCUT2D eigenvalue weighted by atomic mass is 9.87. The molecule has 9 heteroatoms. The molecule has 0 radical (unpaired) electrons. The summed E-state index contributed by atoms with van der Waals surface area (Å²) in [6.07, 6.45) is 7.28. The first-order chi connectivity index (χ1) is 18.3. The fraction of sp³-hybridized carbons (Fsp3) is 0.414. The Bertz CT molecular complexity index is 1400. The summed E-state index contributed by atoms with van der Waals surface area (Å²) in [7, 11) is -3.32. The monoisotopic (exact) mass is 534 g/mol. The van der Waals surface area contributed by atoms with Gasteiger partial charge in [0.1, 0.15) is 0 Å². The second kappa shape index (κ2) is 10.8. The third-order valence-corrected chi connectivity index (χ3v) is 9.39. The Balaban J connectivity index is 1.33. The molecule has 1 aliphatic carbocycles. The van der Waals surface area contributed by atoms with Gasteiger partial charge < -0.3 is 15.3 Å². The lowest BCUT2D eigenvalue weighted by Gasteiger charge is -2.34. The molecule has 0 bridgehead atoms. The maximum atomic E-state index is 13.2. The zero-order chi connectivity index (χ0) is 26.9. The Morgan fingerprint density at radius 2 is 1.82 bits per heavy atom. The zero-order valence-corrected chi connectivity index (χ0v) is 22.6. The molecular weight excluding hydrogens is 500 g/mol. The van der Waals surface area contributed by atoms with Crippen LogP contribution >= 0.6 is 0 Å². The number of hydrogen-bond donors (Lipinski definition) is 2. The predicted octanol–water partition coefficient (Wildman–Crippen LogP) is 4.12. The molecule has 1 fully saturated rings. The van der Waals surface area contributed by atoms with Crippen LogP contribution in [0.25, 0.3) is 0 Å². The quantitative estimate of drug-likeness (QED) is 0.425. The molecule has 1 amide bonds. The maximum Gasteiger partial charge on any atom is 0.251 e. The van der Waals surface area contributed by atoms with Gasteiger partial charge in [0.2, 0.25) is 5.95 Å². The summed E-state index contributed by atoms with van der Waals surface area (Å²) in [5, 5.41) is 12.9. The van der Waals surface area contributed by atoms with Crippen LogP contribution in [0.2, 0.25) is 0 Å². The maximum absolute atomic E-state index is 13.2. The van der Waals surface area contributed by atoms with Crippen molar-refractivity contribution in [2.45, 2.75) is 62.4 Å². The third-order valence-electron chi connectivity index (χ3n) is 7.64. The van der Waals surface area contributed by atoms with E-state index in [1.165, 1.54) is 36.1 Å². The van der Waals surface area contributed by atoms with E-state index in [1.54, 1.807) is 19.1 Å². The van der Waals surface area contributed by atoms with Gasteiger partial charge in [-0.2, -0.15) is 0 Å². The largest absolute Gasteiger partial charge is 0.394 e. The molecule has 2 aliphatic rings. The van der Waals surface area contributed by atoms with Gasteiger partial charge in [-0.25, -0.2) is 18.4 Å². The molecule has 2 heterocycles. The SMILES string of the molecule is CC[C@H]1CN(c2ncc(C3CC3)cn2)Cc2cc(C(=O)NC(CO)c3ccc(S(=O)(=O)CC)cc3)ccc21. The number of carbonyl (C=O) groups is 1. The Kier molecular flexibility index (Phi) is 7.49. The summed E-state index contributed by atoms with van der Waals surface area (Å²) in [6.45, 7) is 4.90. The topological polar surface area (TPSA) is 112 Å². The molecule has 38 heavy (non-hydrogen) atoms. The van der Waals surface area contributed by atoms with Crippen LogP contribution < -0.4 is 10.2 Å². The van der Waals surface area contributed by atoms with Crippen molar-refractivity contribution in [2.24, 2.45) is 0 Å². The molecule has 1 aromatic heterocycles. The molecule has 1 unspecified atom stereocenters. The Hall–Kier alpha value is -3.30. The van der Waals surface area contributed by atoms with Crippen molar-refractivity contribution in [3.63, 3.8) is 0 Å². The van der Waals surface area contributed by atoms with Gasteiger partial charge in [-0.15, -0.1) is 0 Å². The van der Waals surface area contributed by atoms with Crippen molar-refractivity contribution in [2.75, 3.05) is 23.8 Å². The molecule has 1 aliphatic heterocycles. The van der Waals surface area contributed by atoms with Crippen molar-refractivity contribution in [1.29, 1.82) is 0 Å². The summed E-state index contributed by atoms with van der Waals surface area (Å²) >= 11 is 0. The van der Waals surface area contributed by atoms with Crippen molar-refractivity contribution in [3.05, 3.63) is 82.7 Å². The van der Waals surface area contributed by atoms with Crippen LogP contribution in [-0.4, -0.2) is 48.3 Å². The van der Waals surface area contributed by atoms with E-state index in [9.17, 15) is 18.3 Å². The van der Waals surface area contributed by atoms with Gasteiger partial charge >= 0.3 is 0 Å². The van der Waals surface area contributed by atoms with E-state index < -0.39 is 15.9 Å². The number of anilines is 1. The van der Waals surface area contributed by atoms with Crippen LogP contribution in [-0.2, 0) is 16.4 Å². The number of nitrogens with zero attached hydrogens (tertiary/aromatic N) is 3. The fourth-order valence-electron chi connectivity index (χ4n) is 5.09. The molecule has 2 N–H and O–H groups in total. The van der Waals surface area contributed by atoms with Crippen LogP contribution in [0.4, 0.5) is 5.95 Å². The van der Waals surface area contributed by atoms with Gasteiger partial charge in [0, 0.05) is 37.0 Å². The molecule has 2 atom stereocenters. The minimum Gasteiger partial charge on any atom is -0.394 e. The number of aliphatic hydroxyl groups excluding tert-OH is 1. The molecular formula is C29H34N4O4S. The van der Waals surface area contributed by atoms with Gasteiger partial charge in [-0.3, -0.25) is 4.79 Å². The van der Waals surface area contributed by atoms with E-state index in [0.29, 0.717) is 35.5 Å². The summed E-state index contributed by atoms with van der Waals surface area (Å²) < 4.78 is 24.2. The number of hydrogen-bond acceptors (Lipinski definition) is 7. The van der Waals surface area contributed by atoms with Crippen LogP contribution in [0, 0.1) is 0 Å². The highest BCUT2D eigenvalue weighted by Crippen LogP contribution is 2.40. The molecule has 1 saturated carbocycles. The first kappa shape index (κ1) is 26.3. The lowest BCUT2D eigenvalue weighted by Crippen LogP contribution is -2.35. The van der Waals surface area contributed by atoms with Crippen LogP contribution in [0.5, 0.6) is 0 Å². The van der Waals surface area contributed by atoms with Crippen molar-refractivity contribution < 1.29 is 18.3 Å². The molecule has 200 valence electrons. The van der Waals surface area contributed by atoms with E-state index in [0.717, 1.165) is 18.5 Å². The highest BCUT2D eigenvalue weighted by atomic mass is 32.2.